The molecule has 0 aliphatic heterocycles. The average molecular weight is 209 g/mol. The highest BCUT2D eigenvalue weighted by molar-refractivity contribution is 9.10. The van der Waals surface area contributed by atoms with E-state index in [9.17, 15) is 0 Å². The van der Waals surface area contributed by atoms with E-state index in [1.165, 1.54) is 0 Å². The minimum Gasteiger partial charge on any atom is -0.366 e. The molecule has 0 atom stereocenters. The molecule has 0 aromatic carbocycles. The molecule has 0 bridgehead atoms. The molecule has 0 aliphatic rings. The molecule has 0 amide bonds. The van der Waals surface area contributed by atoms with Crippen LogP contribution >= 0.6 is 27.5 Å². The quantitative estimate of drug-likeness (QED) is 0.688. The fourth-order valence-electron chi connectivity index (χ4n) is 0.305. The molecule has 0 aliphatic carbocycles. The molecule has 1 rings (SSSR count). The van der Waals surface area contributed by atoms with Gasteiger partial charge in [-0.3, -0.25) is 0 Å². The largest absolute Gasteiger partial charge is 0.366 e. The summed E-state index contributed by atoms with van der Waals surface area (Å²) in [5.41, 5.74) is 5.14. The van der Waals surface area contributed by atoms with Crippen LogP contribution in [0.1, 0.15) is 0 Å². The Labute approximate surface area is 64.6 Å². The van der Waals surface area contributed by atoms with Crippen LogP contribution in [-0.2, 0) is 0 Å². The van der Waals surface area contributed by atoms with Crippen molar-refractivity contribution in [1.82, 2.24) is 15.2 Å². The smallest absolute Gasteiger partial charge is 0.241 e. The predicted molar refractivity (Wildman–Crippen MR) is 36.9 cm³/mol. The second kappa shape index (κ2) is 2.45. The highest BCUT2D eigenvalue weighted by Crippen LogP contribution is 2.15. The molecule has 0 radical (unpaired) electrons. The minimum atomic E-state index is 0.0724. The summed E-state index contributed by atoms with van der Waals surface area (Å²) in [6.07, 6.45) is 0. The normalized spacial score (nSPS) is 9.56. The number of nitrogens with zero attached hydrogens (tertiary/aromatic N) is 3. The molecule has 0 unspecified atom stereocenters. The SMILES string of the molecule is Nc1nnc(Br)c(Cl)n1. The van der Waals surface area contributed by atoms with E-state index in [4.69, 9.17) is 17.3 Å². The number of hydrogen-bond acceptors (Lipinski definition) is 4. The van der Waals surface area contributed by atoms with Gasteiger partial charge in [0.1, 0.15) is 0 Å². The Hall–Kier alpha value is -0.420. The van der Waals surface area contributed by atoms with E-state index in [0.717, 1.165) is 0 Å². The van der Waals surface area contributed by atoms with E-state index in [-0.39, 0.29) is 11.1 Å². The molecule has 0 spiro atoms. The van der Waals surface area contributed by atoms with Gasteiger partial charge in [-0.1, -0.05) is 11.6 Å². The number of rotatable bonds is 0. The Morgan fingerprint density at radius 2 is 2.11 bits per heavy atom. The van der Waals surface area contributed by atoms with Crippen molar-refractivity contribution in [3.63, 3.8) is 0 Å². The van der Waals surface area contributed by atoms with Crippen LogP contribution in [0.4, 0.5) is 5.95 Å². The van der Waals surface area contributed by atoms with Crippen LogP contribution in [-0.4, -0.2) is 15.2 Å². The van der Waals surface area contributed by atoms with Crippen LogP contribution in [0, 0.1) is 0 Å². The lowest BCUT2D eigenvalue weighted by Crippen LogP contribution is -1.97. The Balaban J connectivity index is 3.17. The zero-order valence-electron chi connectivity index (χ0n) is 4.17. The summed E-state index contributed by atoms with van der Waals surface area (Å²) >= 11 is 8.48. The van der Waals surface area contributed by atoms with Crippen LogP contribution in [0.25, 0.3) is 0 Å². The lowest BCUT2D eigenvalue weighted by molar-refractivity contribution is 0.962. The maximum atomic E-state index is 5.47. The van der Waals surface area contributed by atoms with Crippen molar-refractivity contribution in [2.75, 3.05) is 5.73 Å². The van der Waals surface area contributed by atoms with E-state index in [1.54, 1.807) is 0 Å². The molecule has 6 heteroatoms. The van der Waals surface area contributed by atoms with Crippen LogP contribution in [0.15, 0.2) is 4.60 Å². The van der Waals surface area contributed by atoms with Crippen molar-refractivity contribution in [1.29, 1.82) is 0 Å². The molecule has 0 saturated carbocycles. The van der Waals surface area contributed by atoms with E-state index >= 15 is 0 Å². The lowest BCUT2D eigenvalue weighted by atomic mass is 10.9. The third-order valence-electron chi connectivity index (χ3n) is 0.623. The fourth-order valence-corrected chi connectivity index (χ4v) is 0.598. The molecule has 1 aromatic heterocycles. The van der Waals surface area contributed by atoms with Crippen molar-refractivity contribution < 1.29 is 0 Å². The van der Waals surface area contributed by atoms with Crippen molar-refractivity contribution in [3.05, 3.63) is 9.76 Å². The third kappa shape index (κ3) is 1.49. The standard InChI is InChI=1S/C3H2BrClN4/c4-1-2(5)7-3(6)9-8-1/h(H2,6,7,9). The van der Waals surface area contributed by atoms with Gasteiger partial charge in [-0.2, -0.15) is 4.98 Å². The summed E-state index contributed by atoms with van der Waals surface area (Å²) in [4.78, 5) is 3.60. The Bertz CT molecular complexity index is 227. The second-order valence-electron chi connectivity index (χ2n) is 1.25. The highest BCUT2D eigenvalue weighted by atomic mass is 79.9. The van der Waals surface area contributed by atoms with Crippen molar-refractivity contribution in [2.24, 2.45) is 0 Å². The zero-order chi connectivity index (χ0) is 6.85. The summed E-state index contributed by atoms with van der Waals surface area (Å²) < 4.78 is 0.401. The van der Waals surface area contributed by atoms with E-state index in [1.807, 2.05) is 0 Å². The minimum absolute atomic E-state index is 0.0724. The first kappa shape index (κ1) is 6.70. The van der Waals surface area contributed by atoms with Gasteiger partial charge in [0, 0.05) is 0 Å². The maximum Gasteiger partial charge on any atom is 0.241 e. The summed E-state index contributed by atoms with van der Waals surface area (Å²) in [6, 6.07) is 0. The van der Waals surface area contributed by atoms with Crippen LogP contribution < -0.4 is 5.73 Å². The molecule has 4 nitrogen and oxygen atoms in total. The topological polar surface area (TPSA) is 64.7 Å². The van der Waals surface area contributed by atoms with Gasteiger partial charge in [-0.15, -0.1) is 10.2 Å². The van der Waals surface area contributed by atoms with Crippen molar-refractivity contribution in [2.45, 2.75) is 0 Å². The Morgan fingerprint density at radius 3 is 2.56 bits per heavy atom. The number of nitrogen functional groups attached to an aromatic ring is 1. The molecular weight excluding hydrogens is 207 g/mol. The molecular formula is C3H2BrClN4. The summed E-state index contributed by atoms with van der Waals surface area (Å²) in [5.74, 6) is 0.0724. The van der Waals surface area contributed by atoms with Gasteiger partial charge in [-0.05, 0) is 15.9 Å². The first-order valence-corrected chi connectivity index (χ1v) is 3.18. The van der Waals surface area contributed by atoms with Gasteiger partial charge in [-0.25, -0.2) is 0 Å². The number of anilines is 1. The molecule has 9 heavy (non-hydrogen) atoms. The van der Waals surface area contributed by atoms with E-state index in [2.05, 4.69) is 31.1 Å². The monoisotopic (exact) mass is 208 g/mol. The second-order valence-corrected chi connectivity index (χ2v) is 2.36. The number of hydrogen-bond donors (Lipinski definition) is 1. The number of aromatic nitrogens is 3. The number of nitrogens with two attached hydrogens (primary N) is 1. The summed E-state index contributed by atoms with van der Waals surface area (Å²) in [7, 11) is 0. The zero-order valence-corrected chi connectivity index (χ0v) is 6.52. The first-order chi connectivity index (χ1) is 4.20. The van der Waals surface area contributed by atoms with Crippen LogP contribution in [0.2, 0.25) is 5.15 Å². The van der Waals surface area contributed by atoms with Crippen molar-refractivity contribution in [3.8, 4) is 0 Å². The van der Waals surface area contributed by atoms with E-state index < -0.39 is 0 Å². The molecule has 1 aromatic rings. The molecule has 0 fully saturated rings. The van der Waals surface area contributed by atoms with Crippen LogP contribution in [0.3, 0.4) is 0 Å². The van der Waals surface area contributed by atoms with Gasteiger partial charge in [0.2, 0.25) is 5.95 Å². The van der Waals surface area contributed by atoms with E-state index in [0.29, 0.717) is 4.60 Å². The van der Waals surface area contributed by atoms with Crippen molar-refractivity contribution >= 4 is 33.5 Å². The molecule has 1 heterocycles. The van der Waals surface area contributed by atoms with Gasteiger partial charge >= 0.3 is 0 Å². The first-order valence-electron chi connectivity index (χ1n) is 2.01. The molecule has 2 N–H and O–H groups in total. The van der Waals surface area contributed by atoms with Crippen LogP contribution in [0.5, 0.6) is 0 Å². The van der Waals surface area contributed by atoms with Gasteiger partial charge in [0.15, 0.2) is 9.76 Å². The maximum absolute atomic E-state index is 5.47. The Morgan fingerprint density at radius 1 is 1.44 bits per heavy atom. The third-order valence-corrected chi connectivity index (χ3v) is 1.65. The summed E-state index contributed by atoms with van der Waals surface area (Å²) in [5, 5.41) is 7.17. The lowest BCUT2D eigenvalue weighted by Gasteiger charge is -1.91. The van der Waals surface area contributed by atoms with Gasteiger partial charge in [0.25, 0.3) is 0 Å². The molecule has 0 saturated heterocycles. The summed E-state index contributed by atoms with van der Waals surface area (Å²) in [6.45, 7) is 0. The fraction of sp³-hybridized carbons (Fsp3) is 0. The highest BCUT2D eigenvalue weighted by Gasteiger charge is 1.98. The average Bonchev–Trinajstić information content (AvgIpc) is 1.80. The number of halogens is 2. The van der Waals surface area contributed by atoms with Gasteiger partial charge in [0.05, 0.1) is 0 Å². The predicted octanol–water partition coefficient (Wildman–Crippen LogP) is 0.870. The Kier molecular flexibility index (Phi) is 1.82. The van der Waals surface area contributed by atoms with Gasteiger partial charge < -0.3 is 5.73 Å². The molecule has 48 valence electrons.